The standard InChI is InChI=1S/C20H20IN3O3S/c1-3-27-16-10-8-15(9-11-16)23-20-24(2)18(25)12-17(28-20)19(26)22-14-6-4-13(21)5-7-14/h4-11,17H,3,12H2,1-2H3,(H,22,26). The number of ether oxygens (including phenoxy) is 1. The summed E-state index contributed by atoms with van der Waals surface area (Å²) in [6, 6.07) is 14.8. The number of aliphatic imine (C=N–C) groups is 1. The zero-order valence-electron chi connectivity index (χ0n) is 15.5. The van der Waals surface area contributed by atoms with Crippen molar-refractivity contribution >= 4 is 62.7 Å². The SMILES string of the molecule is CCOc1ccc(N=C2SC(C(=O)Nc3ccc(I)cc3)CC(=O)N2C)cc1. The van der Waals surface area contributed by atoms with E-state index in [0.29, 0.717) is 23.1 Å². The molecule has 0 spiro atoms. The van der Waals surface area contributed by atoms with Gasteiger partial charge >= 0.3 is 0 Å². The Labute approximate surface area is 181 Å². The monoisotopic (exact) mass is 509 g/mol. The molecule has 1 atom stereocenters. The molecule has 0 radical (unpaired) electrons. The van der Waals surface area contributed by atoms with Gasteiger partial charge < -0.3 is 10.1 Å². The van der Waals surface area contributed by atoms with E-state index in [1.54, 1.807) is 7.05 Å². The number of rotatable bonds is 5. The lowest BCUT2D eigenvalue weighted by atomic mass is 10.2. The van der Waals surface area contributed by atoms with Gasteiger partial charge in [0.1, 0.15) is 11.0 Å². The number of nitrogens with zero attached hydrogens (tertiary/aromatic N) is 2. The van der Waals surface area contributed by atoms with E-state index in [-0.39, 0.29) is 18.2 Å². The smallest absolute Gasteiger partial charge is 0.238 e. The van der Waals surface area contributed by atoms with Crippen molar-refractivity contribution in [2.75, 3.05) is 19.0 Å². The van der Waals surface area contributed by atoms with Crippen LogP contribution in [0.2, 0.25) is 0 Å². The molecule has 1 aliphatic heterocycles. The Kier molecular flexibility index (Phi) is 6.95. The van der Waals surface area contributed by atoms with Gasteiger partial charge in [-0.05, 0) is 78.0 Å². The van der Waals surface area contributed by atoms with Crippen LogP contribution in [0.1, 0.15) is 13.3 Å². The Morgan fingerprint density at radius 1 is 1.25 bits per heavy atom. The molecule has 2 aromatic carbocycles. The van der Waals surface area contributed by atoms with E-state index in [1.807, 2.05) is 55.5 Å². The summed E-state index contributed by atoms with van der Waals surface area (Å²) in [5.74, 6) is 0.431. The number of hydrogen-bond donors (Lipinski definition) is 1. The summed E-state index contributed by atoms with van der Waals surface area (Å²) in [6.07, 6.45) is 0.139. The number of amides is 2. The Morgan fingerprint density at radius 3 is 2.57 bits per heavy atom. The van der Waals surface area contributed by atoms with Crippen LogP contribution in [0, 0.1) is 3.57 Å². The normalized spacial score (nSPS) is 18.2. The molecule has 0 saturated carbocycles. The first-order valence-corrected chi connectivity index (χ1v) is 10.7. The molecule has 2 aromatic rings. The van der Waals surface area contributed by atoms with Gasteiger partial charge in [-0.25, -0.2) is 4.99 Å². The molecule has 1 saturated heterocycles. The first kappa shape index (κ1) is 20.7. The number of hydrogen-bond acceptors (Lipinski definition) is 5. The average Bonchev–Trinajstić information content (AvgIpc) is 2.68. The van der Waals surface area contributed by atoms with E-state index >= 15 is 0 Å². The van der Waals surface area contributed by atoms with E-state index in [4.69, 9.17) is 4.74 Å². The number of benzene rings is 2. The molecule has 2 amide bonds. The van der Waals surface area contributed by atoms with Crippen LogP contribution in [0.4, 0.5) is 11.4 Å². The van der Waals surface area contributed by atoms with Crippen molar-refractivity contribution in [3.63, 3.8) is 0 Å². The highest BCUT2D eigenvalue weighted by molar-refractivity contribution is 14.1. The van der Waals surface area contributed by atoms with Crippen molar-refractivity contribution in [2.45, 2.75) is 18.6 Å². The van der Waals surface area contributed by atoms with Gasteiger partial charge in [0.25, 0.3) is 0 Å². The summed E-state index contributed by atoms with van der Waals surface area (Å²) >= 11 is 3.50. The number of carbonyl (C=O) groups is 2. The third-order valence-electron chi connectivity index (χ3n) is 4.05. The summed E-state index contributed by atoms with van der Waals surface area (Å²) in [4.78, 5) is 31.1. The molecule has 146 valence electrons. The molecule has 6 nitrogen and oxygen atoms in total. The Morgan fingerprint density at radius 2 is 1.93 bits per heavy atom. The van der Waals surface area contributed by atoms with Crippen LogP contribution < -0.4 is 10.1 Å². The van der Waals surface area contributed by atoms with Gasteiger partial charge in [-0.3, -0.25) is 14.5 Å². The van der Waals surface area contributed by atoms with Crippen molar-refractivity contribution in [3.8, 4) is 5.75 Å². The average molecular weight is 509 g/mol. The molecule has 0 aliphatic carbocycles. The maximum absolute atomic E-state index is 12.6. The highest BCUT2D eigenvalue weighted by Gasteiger charge is 2.34. The Hall–Kier alpha value is -2.07. The first-order chi connectivity index (χ1) is 13.5. The maximum atomic E-state index is 12.6. The third-order valence-corrected chi connectivity index (χ3v) is 6.01. The van der Waals surface area contributed by atoms with E-state index in [0.717, 1.165) is 9.32 Å². The van der Waals surface area contributed by atoms with E-state index < -0.39 is 5.25 Å². The number of halogens is 1. The Bertz CT molecular complexity index is 885. The van der Waals surface area contributed by atoms with E-state index in [9.17, 15) is 9.59 Å². The van der Waals surface area contributed by atoms with Crippen LogP contribution >= 0.6 is 34.4 Å². The van der Waals surface area contributed by atoms with Crippen LogP contribution in [0.15, 0.2) is 53.5 Å². The second kappa shape index (κ2) is 9.42. The zero-order valence-corrected chi connectivity index (χ0v) is 18.5. The van der Waals surface area contributed by atoms with Crippen LogP contribution in [-0.2, 0) is 9.59 Å². The lowest BCUT2D eigenvalue weighted by Crippen LogP contribution is -2.43. The lowest BCUT2D eigenvalue weighted by molar-refractivity contribution is -0.128. The molecule has 1 unspecified atom stereocenters. The highest BCUT2D eigenvalue weighted by Crippen LogP contribution is 2.29. The summed E-state index contributed by atoms with van der Waals surface area (Å²) in [5, 5.41) is 2.85. The second-order valence-electron chi connectivity index (χ2n) is 6.08. The minimum absolute atomic E-state index is 0.133. The summed E-state index contributed by atoms with van der Waals surface area (Å²) in [5.41, 5.74) is 1.41. The van der Waals surface area contributed by atoms with Gasteiger partial charge in [-0.1, -0.05) is 11.8 Å². The predicted octanol–water partition coefficient (Wildman–Crippen LogP) is 4.28. The fourth-order valence-corrected chi connectivity index (χ4v) is 3.97. The van der Waals surface area contributed by atoms with E-state index in [2.05, 4.69) is 32.9 Å². The fourth-order valence-electron chi connectivity index (χ4n) is 2.55. The van der Waals surface area contributed by atoms with Gasteiger partial charge in [0, 0.05) is 22.7 Å². The van der Waals surface area contributed by atoms with Crippen LogP contribution in [0.25, 0.3) is 0 Å². The second-order valence-corrected chi connectivity index (χ2v) is 8.50. The van der Waals surface area contributed by atoms with Crippen molar-refractivity contribution in [2.24, 2.45) is 4.99 Å². The maximum Gasteiger partial charge on any atom is 0.238 e. The molecule has 28 heavy (non-hydrogen) atoms. The quantitative estimate of drug-likeness (QED) is 0.611. The minimum Gasteiger partial charge on any atom is -0.494 e. The van der Waals surface area contributed by atoms with Crippen LogP contribution in [-0.4, -0.2) is 40.8 Å². The molecule has 3 rings (SSSR count). The largest absolute Gasteiger partial charge is 0.494 e. The molecule has 1 fully saturated rings. The number of anilines is 1. The van der Waals surface area contributed by atoms with Crippen LogP contribution in [0.5, 0.6) is 5.75 Å². The summed E-state index contributed by atoms with van der Waals surface area (Å²) < 4.78 is 6.52. The third kappa shape index (κ3) is 5.26. The first-order valence-electron chi connectivity index (χ1n) is 8.77. The van der Waals surface area contributed by atoms with Crippen molar-refractivity contribution in [3.05, 3.63) is 52.1 Å². The van der Waals surface area contributed by atoms with Gasteiger partial charge in [-0.2, -0.15) is 0 Å². The molecule has 1 N–H and O–H groups in total. The van der Waals surface area contributed by atoms with Crippen molar-refractivity contribution in [1.82, 2.24) is 4.90 Å². The molecule has 1 aliphatic rings. The van der Waals surface area contributed by atoms with Crippen molar-refractivity contribution in [1.29, 1.82) is 0 Å². The summed E-state index contributed by atoms with van der Waals surface area (Å²) in [6.45, 7) is 2.52. The topological polar surface area (TPSA) is 71.0 Å². The van der Waals surface area contributed by atoms with Gasteiger partial charge in [0.05, 0.1) is 12.3 Å². The van der Waals surface area contributed by atoms with Gasteiger partial charge in [0.2, 0.25) is 11.8 Å². The molecule has 0 bridgehead atoms. The number of carbonyl (C=O) groups excluding carboxylic acids is 2. The van der Waals surface area contributed by atoms with Gasteiger partial charge in [-0.15, -0.1) is 0 Å². The van der Waals surface area contributed by atoms with Crippen LogP contribution in [0.3, 0.4) is 0 Å². The molecular formula is C20H20IN3O3S. The number of nitrogens with one attached hydrogen (secondary N) is 1. The molecule has 8 heteroatoms. The molecule has 0 aromatic heterocycles. The Balaban J connectivity index is 1.73. The number of thioether (sulfide) groups is 1. The highest BCUT2D eigenvalue weighted by atomic mass is 127. The fraction of sp³-hybridized carbons (Fsp3) is 0.250. The van der Waals surface area contributed by atoms with E-state index in [1.165, 1.54) is 16.7 Å². The van der Waals surface area contributed by atoms with Gasteiger partial charge in [0.15, 0.2) is 5.17 Å². The van der Waals surface area contributed by atoms with Crippen molar-refractivity contribution < 1.29 is 14.3 Å². The zero-order chi connectivity index (χ0) is 20.1. The predicted molar refractivity (Wildman–Crippen MR) is 121 cm³/mol. The lowest BCUT2D eigenvalue weighted by Gasteiger charge is -2.28. The molecular weight excluding hydrogens is 489 g/mol. The number of amidine groups is 1. The minimum atomic E-state index is -0.524. The molecule has 1 heterocycles. The summed E-state index contributed by atoms with van der Waals surface area (Å²) in [7, 11) is 1.68.